The topological polar surface area (TPSA) is 59.8 Å². The van der Waals surface area contributed by atoms with Gasteiger partial charge in [0.1, 0.15) is 5.82 Å². The predicted molar refractivity (Wildman–Crippen MR) is 101 cm³/mol. The zero-order valence-electron chi connectivity index (χ0n) is 16.8. The minimum atomic E-state index is -0.243. The van der Waals surface area contributed by atoms with Gasteiger partial charge >= 0.3 is 0 Å². The Kier molecular flexibility index (Phi) is 6.07. The normalized spacial score (nSPS) is 27.1. The molecule has 3 rings (SSSR count). The molecule has 0 saturated carbocycles. The minimum absolute atomic E-state index is 0.0671. The first-order chi connectivity index (χ1) is 12.3. The van der Waals surface area contributed by atoms with Gasteiger partial charge in [-0.3, -0.25) is 4.90 Å². The lowest BCUT2D eigenvalue weighted by Crippen LogP contribution is -2.55. The number of hydrogen-bond acceptors (Lipinski definition) is 5. The Morgan fingerprint density at radius 2 is 2.08 bits per heavy atom. The summed E-state index contributed by atoms with van der Waals surface area (Å²) in [5.41, 5.74) is -0.0881. The van der Waals surface area contributed by atoms with Crippen molar-refractivity contribution in [1.29, 1.82) is 0 Å². The van der Waals surface area contributed by atoms with Gasteiger partial charge in [-0.15, -0.1) is 0 Å². The molecule has 0 aromatic carbocycles. The van der Waals surface area contributed by atoms with Crippen LogP contribution in [0.15, 0.2) is 12.4 Å². The van der Waals surface area contributed by atoms with E-state index in [4.69, 9.17) is 9.47 Å². The van der Waals surface area contributed by atoms with E-state index in [9.17, 15) is 5.11 Å². The third-order valence-electron chi connectivity index (χ3n) is 5.92. The van der Waals surface area contributed by atoms with E-state index in [2.05, 4.69) is 35.2 Å². The maximum atomic E-state index is 10.4. The molecule has 6 heteroatoms. The van der Waals surface area contributed by atoms with E-state index in [0.717, 1.165) is 57.7 Å². The van der Waals surface area contributed by atoms with Gasteiger partial charge in [-0.25, -0.2) is 4.98 Å². The number of aliphatic hydroxyl groups is 1. The Morgan fingerprint density at radius 3 is 2.73 bits per heavy atom. The summed E-state index contributed by atoms with van der Waals surface area (Å²) in [6, 6.07) is 0. The van der Waals surface area contributed by atoms with Crippen molar-refractivity contribution >= 4 is 0 Å². The molecule has 148 valence electrons. The SMILES string of the molecule is COCCn1ccnc1CN1CCC2(CC1)C[C@H](O)C[C@H](C(C)(C)C)O2. The molecule has 1 aromatic rings. The van der Waals surface area contributed by atoms with Crippen molar-refractivity contribution in [3.05, 3.63) is 18.2 Å². The second-order valence-corrected chi connectivity index (χ2v) is 9.05. The molecule has 26 heavy (non-hydrogen) atoms. The molecular formula is C20H35N3O3. The van der Waals surface area contributed by atoms with Crippen molar-refractivity contribution in [2.24, 2.45) is 5.41 Å². The van der Waals surface area contributed by atoms with E-state index in [1.54, 1.807) is 7.11 Å². The second-order valence-electron chi connectivity index (χ2n) is 9.05. The van der Waals surface area contributed by atoms with Crippen LogP contribution in [0.25, 0.3) is 0 Å². The van der Waals surface area contributed by atoms with Crippen molar-refractivity contribution < 1.29 is 14.6 Å². The van der Waals surface area contributed by atoms with Crippen LogP contribution in [0.3, 0.4) is 0 Å². The van der Waals surface area contributed by atoms with Gasteiger partial charge in [0.2, 0.25) is 0 Å². The van der Waals surface area contributed by atoms with E-state index in [1.807, 2.05) is 12.4 Å². The van der Waals surface area contributed by atoms with E-state index in [0.29, 0.717) is 6.61 Å². The molecular weight excluding hydrogens is 330 g/mol. The standard InChI is InChI=1S/C20H35N3O3/c1-19(2,3)17-13-16(24)14-20(26-17)5-8-22(9-6-20)15-18-21-7-10-23(18)11-12-25-4/h7,10,16-17,24H,5-6,8-9,11-15H2,1-4H3/t16-,17-/m1/s1. The molecule has 3 heterocycles. The number of likely N-dealkylation sites (tertiary alicyclic amines) is 1. The number of imidazole rings is 1. The van der Waals surface area contributed by atoms with Crippen LogP contribution >= 0.6 is 0 Å². The highest BCUT2D eigenvalue weighted by atomic mass is 16.5. The van der Waals surface area contributed by atoms with Crippen molar-refractivity contribution in [1.82, 2.24) is 14.5 Å². The number of aromatic nitrogens is 2. The molecule has 0 aliphatic carbocycles. The van der Waals surface area contributed by atoms with Crippen molar-refractivity contribution in [2.45, 2.75) is 77.4 Å². The monoisotopic (exact) mass is 365 g/mol. The first-order valence-corrected chi connectivity index (χ1v) is 9.88. The summed E-state index contributed by atoms with van der Waals surface area (Å²) in [5.74, 6) is 1.09. The summed E-state index contributed by atoms with van der Waals surface area (Å²) in [6.45, 7) is 11.0. The summed E-state index contributed by atoms with van der Waals surface area (Å²) < 4.78 is 13.9. The summed E-state index contributed by atoms with van der Waals surface area (Å²) in [6.07, 6.45) is 7.27. The fraction of sp³-hybridized carbons (Fsp3) is 0.850. The maximum Gasteiger partial charge on any atom is 0.122 e. The molecule has 1 spiro atoms. The number of rotatable bonds is 5. The van der Waals surface area contributed by atoms with Crippen LogP contribution in [0, 0.1) is 5.41 Å². The highest BCUT2D eigenvalue weighted by Crippen LogP contribution is 2.42. The number of nitrogens with zero attached hydrogens (tertiary/aromatic N) is 3. The summed E-state index contributed by atoms with van der Waals surface area (Å²) in [4.78, 5) is 6.97. The molecule has 2 aliphatic rings. The van der Waals surface area contributed by atoms with Crippen LogP contribution in [0.4, 0.5) is 0 Å². The number of aliphatic hydroxyl groups excluding tert-OH is 1. The molecule has 2 atom stereocenters. The van der Waals surface area contributed by atoms with Crippen LogP contribution in [0.5, 0.6) is 0 Å². The maximum absolute atomic E-state index is 10.4. The van der Waals surface area contributed by atoms with Crippen molar-refractivity contribution in [3.63, 3.8) is 0 Å². The van der Waals surface area contributed by atoms with Gasteiger partial charge in [0.15, 0.2) is 0 Å². The van der Waals surface area contributed by atoms with E-state index in [-0.39, 0.29) is 23.2 Å². The third kappa shape index (κ3) is 4.66. The molecule has 2 aliphatic heterocycles. The third-order valence-corrected chi connectivity index (χ3v) is 5.92. The van der Waals surface area contributed by atoms with Gasteiger partial charge in [-0.2, -0.15) is 0 Å². The summed E-state index contributed by atoms with van der Waals surface area (Å²) in [5, 5.41) is 10.4. The van der Waals surface area contributed by atoms with Crippen molar-refractivity contribution in [2.75, 3.05) is 26.8 Å². The second kappa shape index (κ2) is 7.97. The fourth-order valence-corrected chi connectivity index (χ4v) is 4.21. The van der Waals surface area contributed by atoms with Crippen LogP contribution in [-0.4, -0.2) is 64.2 Å². The quantitative estimate of drug-likeness (QED) is 0.868. The van der Waals surface area contributed by atoms with Crippen molar-refractivity contribution in [3.8, 4) is 0 Å². The molecule has 1 aromatic heterocycles. The number of hydrogen-bond donors (Lipinski definition) is 1. The molecule has 2 saturated heterocycles. The summed E-state index contributed by atoms with van der Waals surface area (Å²) in [7, 11) is 1.73. The zero-order valence-corrected chi connectivity index (χ0v) is 16.8. The molecule has 1 N–H and O–H groups in total. The van der Waals surface area contributed by atoms with Crippen LogP contribution < -0.4 is 0 Å². The Labute approximate surface area is 157 Å². The Balaban J connectivity index is 1.58. The smallest absolute Gasteiger partial charge is 0.122 e. The van der Waals surface area contributed by atoms with Gasteiger partial charge in [-0.1, -0.05) is 20.8 Å². The fourth-order valence-electron chi connectivity index (χ4n) is 4.21. The average molecular weight is 366 g/mol. The van der Waals surface area contributed by atoms with Crippen LogP contribution in [-0.2, 0) is 22.6 Å². The molecule has 0 unspecified atom stereocenters. The lowest BCUT2D eigenvalue weighted by atomic mass is 9.76. The average Bonchev–Trinajstić information content (AvgIpc) is 3.01. The lowest BCUT2D eigenvalue weighted by molar-refractivity contribution is -0.208. The van der Waals surface area contributed by atoms with Gasteiger partial charge in [-0.05, 0) is 18.3 Å². The first-order valence-electron chi connectivity index (χ1n) is 9.88. The van der Waals surface area contributed by atoms with Gasteiger partial charge in [0.05, 0.1) is 31.0 Å². The minimum Gasteiger partial charge on any atom is -0.393 e. The van der Waals surface area contributed by atoms with Crippen LogP contribution in [0.1, 0.15) is 52.3 Å². The molecule has 0 radical (unpaired) electrons. The molecule has 2 fully saturated rings. The Bertz CT molecular complexity index is 573. The largest absolute Gasteiger partial charge is 0.393 e. The summed E-state index contributed by atoms with van der Waals surface area (Å²) >= 11 is 0. The van der Waals surface area contributed by atoms with E-state index < -0.39 is 0 Å². The zero-order chi connectivity index (χ0) is 18.8. The van der Waals surface area contributed by atoms with Gasteiger partial charge < -0.3 is 19.1 Å². The van der Waals surface area contributed by atoms with Crippen LogP contribution in [0.2, 0.25) is 0 Å². The Hall–Kier alpha value is -0.950. The molecule has 0 amide bonds. The number of piperidine rings is 1. The number of methoxy groups -OCH3 is 1. The number of ether oxygens (including phenoxy) is 2. The first kappa shape index (κ1) is 19.8. The highest BCUT2D eigenvalue weighted by molar-refractivity contribution is 4.98. The molecule has 6 nitrogen and oxygen atoms in total. The lowest BCUT2D eigenvalue weighted by Gasteiger charge is -2.50. The van der Waals surface area contributed by atoms with E-state index >= 15 is 0 Å². The Morgan fingerprint density at radius 1 is 1.35 bits per heavy atom. The van der Waals surface area contributed by atoms with Gasteiger partial charge in [0.25, 0.3) is 0 Å². The predicted octanol–water partition coefficient (Wildman–Crippen LogP) is 2.45. The van der Waals surface area contributed by atoms with Gasteiger partial charge in [0, 0.05) is 52.0 Å². The highest BCUT2D eigenvalue weighted by Gasteiger charge is 2.46. The van der Waals surface area contributed by atoms with E-state index in [1.165, 1.54) is 0 Å². The molecule has 0 bridgehead atoms.